The summed E-state index contributed by atoms with van der Waals surface area (Å²) in [5, 5.41) is 5.05. The predicted molar refractivity (Wildman–Crippen MR) is 51.1 cm³/mol. The zero-order valence-corrected chi connectivity index (χ0v) is 8.68. The van der Waals surface area contributed by atoms with Gasteiger partial charge in [0.05, 0.1) is 0 Å². The summed E-state index contributed by atoms with van der Waals surface area (Å²) in [6, 6.07) is -0.00250. The molecule has 0 atom stereocenters. The Hall–Kier alpha value is -1.06. The Kier molecular flexibility index (Phi) is 5.11. The molecule has 0 saturated carbocycles. The third-order valence-corrected chi connectivity index (χ3v) is 1.30. The molecule has 0 aromatic carbocycles. The van der Waals surface area contributed by atoms with E-state index in [1.54, 1.807) is 0 Å². The first kappa shape index (κ1) is 11.9. The molecule has 0 aliphatic rings. The monoisotopic (exact) mass is 186 g/mol. The van der Waals surface area contributed by atoms with E-state index in [2.05, 4.69) is 10.6 Å². The van der Waals surface area contributed by atoms with Gasteiger partial charge in [0.1, 0.15) is 0 Å². The van der Waals surface area contributed by atoms with E-state index in [1.165, 1.54) is 0 Å². The van der Waals surface area contributed by atoms with Crippen molar-refractivity contribution in [3.8, 4) is 0 Å². The summed E-state index contributed by atoms with van der Waals surface area (Å²) in [5.41, 5.74) is 0. The van der Waals surface area contributed by atoms with Crippen LogP contribution >= 0.6 is 0 Å². The fourth-order valence-electron chi connectivity index (χ4n) is 0.705. The first-order valence-corrected chi connectivity index (χ1v) is 4.52. The lowest BCUT2D eigenvalue weighted by atomic mass is 10.2. The molecule has 4 heteroatoms. The van der Waals surface area contributed by atoms with Crippen LogP contribution < -0.4 is 10.6 Å². The molecule has 0 saturated heterocycles. The Labute approximate surface area is 79.1 Å². The van der Waals surface area contributed by atoms with Gasteiger partial charge in [0, 0.05) is 12.6 Å². The molecule has 0 fully saturated rings. The van der Waals surface area contributed by atoms with Crippen molar-refractivity contribution < 1.29 is 9.59 Å². The molecule has 0 aromatic rings. The highest BCUT2D eigenvalue weighted by molar-refractivity contribution is 6.35. The number of hydrogen-bond acceptors (Lipinski definition) is 2. The maximum Gasteiger partial charge on any atom is 0.309 e. The molecular formula is C9H18N2O2. The van der Waals surface area contributed by atoms with Gasteiger partial charge < -0.3 is 10.6 Å². The fraction of sp³-hybridized carbons (Fsp3) is 0.778. The average molecular weight is 186 g/mol. The normalized spacial score (nSPS) is 10.3. The fourth-order valence-corrected chi connectivity index (χ4v) is 0.705. The van der Waals surface area contributed by atoms with Crippen molar-refractivity contribution in [2.75, 3.05) is 6.54 Å². The molecule has 0 spiro atoms. The van der Waals surface area contributed by atoms with Crippen LogP contribution in [0.3, 0.4) is 0 Å². The second-order valence-electron chi connectivity index (χ2n) is 3.73. The second kappa shape index (κ2) is 5.56. The summed E-state index contributed by atoms with van der Waals surface area (Å²) in [5.74, 6) is -0.756. The van der Waals surface area contributed by atoms with Gasteiger partial charge in [-0.2, -0.15) is 0 Å². The molecule has 0 bridgehead atoms. The van der Waals surface area contributed by atoms with Crippen LogP contribution in [0.2, 0.25) is 0 Å². The maximum absolute atomic E-state index is 11.1. The maximum atomic E-state index is 11.1. The second-order valence-corrected chi connectivity index (χ2v) is 3.73. The minimum absolute atomic E-state index is 0.00250. The third kappa shape index (κ3) is 6.13. The highest BCUT2D eigenvalue weighted by Crippen LogP contribution is 1.86. The summed E-state index contributed by atoms with van der Waals surface area (Å²) in [6.07, 6.45) is 0. The van der Waals surface area contributed by atoms with Crippen molar-refractivity contribution in [1.82, 2.24) is 10.6 Å². The van der Waals surface area contributed by atoms with Gasteiger partial charge in [-0.3, -0.25) is 9.59 Å². The molecule has 0 rings (SSSR count). The van der Waals surface area contributed by atoms with Gasteiger partial charge in [0.15, 0.2) is 0 Å². The molecule has 0 heterocycles. The largest absolute Gasteiger partial charge is 0.348 e. The van der Waals surface area contributed by atoms with Crippen molar-refractivity contribution >= 4 is 11.8 Å². The lowest BCUT2D eigenvalue weighted by molar-refractivity contribution is -0.139. The zero-order valence-electron chi connectivity index (χ0n) is 8.68. The molecule has 4 nitrogen and oxygen atoms in total. The number of carbonyl (C=O) groups excluding carboxylic acids is 2. The van der Waals surface area contributed by atoms with Crippen LogP contribution in [0.15, 0.2) is 0 Å². The lowest BCUT2D eigenvalue weighted by Crippen LogP contribution is -2.43. The van der Waals surface area contributed by atoms with Crippen LogP contribution in [-0.2, 0) is 9.59 Å². The van der Waals surface area contributed by atoms with Crippen LogP contribution in [0.4, 0.5) is 0 Å². The third-order valence-electron chi connectivity index (χ3n) is 1.30. The molecule has 2 N–H and O–H groups in total. The van der Waals surface area contributed by atoms with Crippen LogP contribution in [0.1, 0.15) is 27.7 Å². The van der Waals surface area contributed by atoms with Gasteiger partial charge in [-0.05, 0) is 19.8 Å². The summed E-state index contributed by atoms with van der Waals surface area (Å²) in [6.45, 7) is 8.10. The van der Waals surface area contributed by atoms with Crippen LogP contribution in [-0.4, -0.2) is 24.4 Å². The summed E-state index contributed by atoms with van der Waals surface area (Å²) in [4.78, 5) is 22.1. The Morgan fingerprint density at radius 2 is 1.62 bits per heavy atom. The quantitative estimate of drug-likeness (QED) is 0.622. The molecule has 0 aromatic heterocycles. The van der Waals surface area contributed by atoms with Gasteiger partial charge in [-0.1, -0.05) is 13.8 Å². The van der Waals surface area contributed by atoms with Gasteiger partial charge in [-0.25, -0.2) is 0 Å². The number of nitrogens with one attached hydrogen (secondary N) is 2. The zero-order chi connectivity index (χ0) is 10.4. The molecule has 13 heavy (non-hydrogen) atoms. The number of amides is 2. The molecule has 2 amide bonds. The Morgan fingerprint density at radius 3 is 2.00 bits per heavy atom. The van der Waals surface area contributed by atoms with Gasteiger partial charge in [0.2, 0.25) is 0 Å². The van der Waals surface area contributed by atoms with Crippen molar-refractivity contribution in [3.63, 3.8) is 0 Å². The van der Waals surface area contributed by atoms with E-state index in [1.807, 2.05) is 27.7 Å². The van der Waals surface area contributed by atoms with E-state index < -0.39 is 11.8 Å². The van der Waals surface area contributed by atoms with Crippen molar-refractivity contribution in [2.24, 2.45) is 5.92 Å². The molecule has 76 valence electrons. The first-order chi connectivity index (χ1) is 5.93. The summed E-state index contributed by atoms with van der Waals surface area (Å²) in [7, 11) is 0. The molecule has 0 unspecified atom stereocenters. The molecule has 0 radical (unpaired) electrons. The van der Waals surface area contributed by atoms with E-state index in [9.17, 15) is 9.59 Å². The molecule has 0 aliphatic heterocycles. The Morgan fingerprint density at radius 1 is 1.08 bits per heavy atom. The smallest absolute Gasteiger partial charge is 0.309 e. The van der Waals surface area contributed by atoms with Crippen molar-refractivity contribution in [3.05, 3.63) is 0 Å². The van der Waals surface area contributed by atoms with Crippen LogP contribution in [0.25, 0.3) is 0 Å². The van der Waals surface area contributed by atoms with E-state index >= 15 is 0 Å². The highest BCUT2D eigenvalue weighted by Gasteiger charge is 2.13. The van der Waals surface area contributed by atoms with Crippen LogP contribution in [0, 0.1) is 5.92 Å². The number of carbonyl (C=O) groups is 2. The van der Waals surface area contributed by atoms with Crippen LogP contribution in [0.5, 0.6) is 0 Å². The Balaban J connectivity index is 3.77. The molecular weight excluding hydrogens is 168 g/mol. The summed E-state index contributed by atoms with van der Waals surface area (Å²) >= 11 is 0. The van der Waals surface area contributed by atoms with E-state index in [-0.39, 0.29) is 6.04 Å². The Bertz CT molecular complexity index is 188. The standard InChI is InChI=1S/C9H18N2O2/c1-6(2)5-10-8(12)9(13)11-7(3)4/h6-7H,5H2,1-4H3,(H,10,12)(H,11,13). The predicted octanol–water partition coefficient (Wildman–Crippen LogP) is 0.283. The molecule has 0 aliphatic carbocycles. The van der Waals surface area contributed by atoms with Gasteiger partial charge >= 0.3 is 11.8 Å². The van der Waals surface area contributed by atoms with Crippen molar-refractivity contribution in [2.45, 2.75) is 33.7 Å². The average Bonchev–Trinajstić information content (AvgIpc) is 1.98. The van der Waals surface area contributed by atoms with Gasteiger partial charge in [0.25, 0.3) is 0 Å². The minimum atomic E-state index is -0.560. The topological polar surface area (TPSA) is 58.2 Å². The summed E-state index contributed by atoms with van der Waals surface area (Å²) < 4.78 is 0. The van der Waals surface area contributed by atoms with E-state index in [0.29, 0.717) is 12.5 Å². The van der Waals surface area contributed by atoms with E-state index in [4.69, 9.17) is 0 Å². The lowest BCUT2D eigenvalue weighted by Gasteiger charge is -2.09. The minimum Gasteiger partial charge on any atom is -0.348 e. The van der Waals surface area contributed by atoms with Crippen molar-refractivity contribution in [1.29, 1.82) is 0 Å². The van der Waals surface area contributed by atoms with Gasteiger partial charge in [-0.15, -0.1) is 0 Å². The van der Waals surface area contributed by atoms with E-state index in [0.717, 1.165) is 0 Å². The number of hydrogen-bond donors (Lipinski definition) is 2. The SMILES string of the molecule is CC(C)CNC(=O)C(=O)NC(C)C. The first-order valence-electron chi connectivity index (χ1n) is 4.52. The highest BCUT2D eigenvalue weighted by atomic mass is 16.2. The number of rotatable bonds is 3.